The molecule has 8 heteroatoms. The Morgan fingerprint density at radius 3 is 2.21 bits per heavy atom. The Bertz CT molecular complexity index is 1000. The molecule has 0 radical (unpaired) electrons. The van der Waals surface area contributed by atoms with Gasteiger partial charge in [0.2, 0.25) is 0 Å². The van der Waals surface area contributed by atoms with Crippen molar-refractivity contribution in [3.63, 3.8) is 0 Å². The summed E-state index contributed by atoms with van der Waals surface area (Å²) in [7, 11) is -3.97. The van der Waals surface area contributed by atoms with Crippen molar-refractivity contribution in [1.29, 1.82) is 0 Å². The summed E-state index contributed by atoms with van der Waals surface area (Å²) in [6, 6.07) is 9.99. The minimum absolute atomic E-state index is 0.204. The molecule has 0 saturated heterocycles. The molecule has 1 amide bonds. The molecule has 156 valence electrons. The van der Waals surface area contributed by atoms with Gasteiger partial charge < -0.3 is 5.73 Å². The second kappa shape index (κ2) is 7.84. The van der Waals surface area contributed by atoms with E-state index in [1.807, 2.05) is 0 Å². The summed E-state index contributed by atoms with van der Waals surface area (Å²) >= 11 is 0. The van der Waals surface area contributed by atoms with E-state index in [1.165, 1.54) is 26.0 Å². The van der Waals surface area contributed by atoms with Gasteiger partial charge in [0, 0.05) is 12.0 Å². The van der Waals surface area contributed by atoms with Crippen LogP contribution in [0.1, 0.15) is 44.6 Å². The third kappa shape index (κ3) is 4.18. The van der Waals surface area contributed by atoms with Crippen LogP contribution >= 0.6 is 0 Å². The highest BCUT2D eigenvalue weighted by Crippen LogP contribution is 2.47. The molecule has 0 spiro atoms. The summed E-state index contributed by atoms with van der Waals surface area (Å²) in [6.45, 7) is 2.95. The number of amides is 1. The summed E-state index contributed by atoms with van der Waals surface area (Å²) in [4.78, 5) is 12.3. The molecule has 5 nitrogen and oxygen atoms in total. The first-order chi connectivity index (χ1) is 13.5. The van der Waals surface area contributed by atoms with Crippen LogP contribution in [0.4, 0.5) is 8.78 Å². The van der Waals surface area contributed by atoms with Crippen LogP contribution < -0.4 is 5.73 Å². The first-order valence-corrected chi connectivity index (χ1v) is 10.8. The van der Waals surface area contributed by atoms with Crippen LogP contribution in [-0.4, -0.2) is 25.2 Å². The van der Waals surface area contributed by atoms with Crippen molar-refractivity contribution in [2.24, 2.45) is 5.73 Å². The Hall–Kier alpha value is -2.32. The number of halogens is 2. The minimum Gasteiger partial charge on any atom is -0.367 e. The fraction of sp³-hybridized carbons (Fsp3) is 0.381. The number of benzene rings is 2. The van der Waals surface area contributed by atoms with Crippen LogP contribution in [0, 0.1) is 11.6 Å². The molecule has 2 aromatic carbocycles. The van der Waals surface area contributed by atoms with Gasteiger partial charge in [-0.1, -0.05) is 24.3 Å². The highest BCUT2D eigenvalue weighted by molar-refractivity contribution is 7.87. The number of carbonyl (C=O) groups is 1. The SMILES string of the molecule is CC(C)S(=O)(=O)OC1(C(N)=O)CCCC1c1ccc(-c2cc(F)cc(F)c2)cc1. The van der Waals surface area contributed by atoms with Gasteiger partial charge >= 0.3 is 0 Å². The molecule has 29 heavy (non-hydrogen) atoms. The van der Waals surface area contributed by atoms with E-state index in [1.54, 1.807) is 24.3 Å². The van der Waals surface area contributed by atoms with E-state index in [2.05, 4.69) is 0 Å². The van der Waals surface area contributed by atoms with Gasteiger partial charge in [-0.3, -0.25) is 8.98 Å². The van der Waals surface area contributed by atoms with Gasteiger partial charge in [0.25, 0.3) is 16.0 Å². The highest BCUT2D eigenvalue weighted by atomic mass is 32.2. The maximum absolute atomic E-state index is 13.5. The Morgan fingerprint density at radius 1 is 1.10 bits per heavy atom. The fourth-order valence-corrected chi connectivity index (χ4v) is 4.67. The van der Waals surface area contributed by atoms with Gasteiger partial charge in [0.1, 0.15) is 11.6 Å². The van der Waals surface area contributed by atoms with Crippen LogP contribution in [0.3, 0.4) is 0 Å². The Balaban J connectivity index is 1.97. The number of primary amides is 1. The van der Waals surface area contributed by atoms with E-state index >= 15 is 0 Å². The lowest BCUT2D eigenvalue weighted by Gasteiger charge is -2.32. The van der Waals surface area contributed by atoms with Gasteiger partial charge in [0.15, 0.2) is 5.60 Å². The third-order valence-electron chi connectivity index (χ3n) is 5.37. The van der Waals surface area contributed by atoms with E-state index in [4.69, 9.17) is 9.92 Å². The van der Waals surface area contributed by atoms with Crippen molar-refractivity contribution in [3.05, 3.63) is 59.7 Å². The minimum atomic E-state index is -3.97. The van der Waals surface area contributed by atoms with Crippen molar-refractivity contribution in [1.82, 2.24) is 0 Å². The normalized spacial score (nSPS) is 22.2. The first-order valence-electron chi connectivity index (χ1n) is 9.36. The molecule has 0 aliphatic heterocycles. The molecular weight excluding hydrogens is 400 g/mol. The van der Waals surface area contributed by atoms with E-state index in [9.17, 15) is 22.0 Å². The lowest BCUT2D eigenvalue weighted by Crippen LogP contribution is -2.50. The summed E-state index contributed by atoms with van der Waals surface area (Å²) in [5, 5.41) is -0.815. The van der Waals surface area contributed by atoms with Crippen LogP contribution in [0.25, 0.3) is 11.1 Å². The topological polar surface area (TPSA) is 86.5 Å². The smallest absolute Gasteiger partial charge is 0.270 e. The van der Waals surface area contributed by atoms with Crippen LogP contribution in [0.15, 0.2) is 42.5 Å². The van der Waals surface area contributed by atoms with Gasteiger partial charge in [-0.15, -0.1) is 0 Å². The van der Waals surface area contributed by atoms with Gasteiger partial charge in [0.05, 0.1) is 5.25 Å². The summed E-state index contributed by atoms with van der Waals surface area (Å²) in [6.07, 6.45) is 1.32. The average molecular weight is 423 g/mol. The third-order valence-corrected chi connectivity index (χ3v) is 7.06. The predicted octanol–water partition coefficient (Wildman–Crippen LogP) is 3.88. The number of rotatable bonds is 6. The molecule has 2 atom stereocenters. The summed E-state index contributed by atoms with van der Waals surface area (Å²) in [5.41, 5.74) is 5.61. The molecule has 2 unspecified atom stereocenters. The molecule has 0 heterocycles. The monoisotopic (exact) mass is 423 g/mol. The van der Waals surface area contributed by atoms with Crippen molar-refractivity contribution in [3.8, 4) is 11.1 Å². The van der Waals surface area contributed by atoms with Crippen molar-refractivity contribution in [2.75, 3.05) is 0 Å². The summed E-state index contributed by atoms with van der Waals surface area (Å²) in [5.74, 6) is -2.72. The average Bonchev–Trinajstić information content (AvgIpc) is 3.05. The molecule has 1 fully saturated rings. The molecule has 2 aromatic rings. The molecule has 1 aliphatic rings. The second-order valence-corrected chi connectivity index (χ2v) is 9.70. The van der Waals surface area contributed by atoms with Crippen molar-refractivity contribution >= 4 is 16.0 Å². The van der Waals surface area contributed by atoms with Crippen LogP contribution in [0.5, 0.6) is 0 Å². The maximum Gasteiger partial charge on any atom is 0.270 e. The standard InChI is InChI=1S/C21H23F2NO4S/c1-13(2)29(26,27)28-21(20(24)25)9-3-4-19(21)15-7-5-14(6-8-15)16-10-17(22)12-18(23)11-16/h5-8,10-13,19H,3-4,9H2,1-2H3,(H2,24,25). The highest BCUT2D eigenvalue weighted by Gasteiger charge is 2.53. The number of carbonyl (C=O) groups excluding carboxylic acids is 1. The van der Waals surface area contributed by atoms with Crippen LogP contribution in [0.2, 0.25) is 0 Å². The Kier molecular flexibility index (Phi) is 5.78. The molecule has 2 N–H and O–H groups in total. The first kappa shape index (κ1) is 21.4. The lowest BCUT2D eigenvalue weighted by molar-refractivity contribution is -0.134. The zero-order valence-corrected chi connectivity index (χ0v) is 17.0. The van der Waals surface area contributed by atoms with Crippen molar-refractivity contribution < 1.29 is 26.2 Å². The van der Waals surface area contributed by atoms with E-state index < -0.39 is 44.4 Å². The van der Waals surface area contributed by atoms with E-state index in [0.29, 0.717) is 29.5 Å². The molecule has 0 aromatic heterocycles. The predicted molar refractivity (Wildman–Crippen MR) is 105 cm³/mol. The van der Waals surface area contributed by atoms with Gasteiger partial charge in [-0.25, -0.2) is 8.78 Å². The van der Waals surface area contributed by atoms with E-state index in [-0.39, 0.29) is 6.42 Å². The molecule has 1 aliphatic carbocycles. The number of nitrogens with two attached hydrogens (primary N) is 1. The summed E-state index contributed by atoms with van der Waals surface area (Å²) < 4.78 is 57.1. The zero-order valence-electron chi connectivity index (χ0n) is 16.2. The zero-order chi connectivity index (χ0) is 21.4. The quantitative estimate of drug-likeness (QED) is 0.715. The molecular formula is C21H23F2NO4S. The largest absolute Gasteiger partial charge is 0.367 e. The van der Waals surface area contributed by atoms with Gasteiger partial charge in [-0.2, -0.15) is 8.42 Å². The molecule has 1 saturated carbocycles. The second-order valence-electron chi connectivity index (χ2n) is 7.60. The van der Waals surface area contributed by atoms with Crippen LogP contribution in [-0.2, 0) is 19.1 Å². The Morgan fingerprint density at radius 2 is 1.69 bits per heavy atom. The van der Waals surface area contributed by atoms with Crippen molar-refractivity contribution in [2.45, 2.75) is 49.9 Å². The van der Waals surface area contributed by atoms with Gasteiger partial charge in [-0.05, 0) is 61.9 Å². The maximum atomic E-state index is 13.5. The molecule has 3 rings (SSSR count). The number of hydrogen-bond acceptors (Lipinski definition) is 4. The number of hydrogen-bond donors (Lipinski definition) is 1. The van der Waals surface area contributed by atoms with E-state index in [0.717, 1.165) is 6.07 Å². The fourth-order valence-electron chi connectivity index (χ4n) is 3.78. The Labute approximate surface area is 169 Å². The lowest BCUT2D eigenvalue weighted by atomic mass is 9.84. The molecule has 0 bridgehead atoms.